The smallest absolute Gasteiger partial charge is 0.195 e. The van der Waals surface area contributed by atoms with E-state index in [4.69, 9.17) is 4.98 Å². The van der Waals surface area contributed by atoms with Crippen LogP contribution in [0.15, 0.2) is 78.9 Å². The van der Waals surface area contributed by atoms with Crippen LogP contribution in [0, 0.1) is 32.1 Å². The van der Waals surface area contributed by atoms with Crippen LogP contribution in [-0.4, -0.2) is 10.8 Å². The molecular formula is C28H22N2O. The summed E-state index contributed by atoms with van der Waals surface area (Å²) < 4.78 is 0. The lowest BCUT2D eigenvalue weighted by Crippen LogP contribution is -2.09. The maximum Gasteiger partial charge on any atom is 0.195 e. The number of hydrogen-bond donors (Lipinski definition) is 0. The Labute approximate surface area is 182 Å². The zero-order chi connectivity index (χ0) is 22.0. The SMILES string of the molecule is Cc1cc(C)c(-c2nc(-c3ccccc3)c(C#N)cc2C(=O)c2ccccc2)c(C)c1. The van der Waals surface area contributed by atoms with Crippen LogP contribution < -0.4 is 0 Å². The lowest BCUT2D eigenvalue weighted by Gasteiger charge is -2.17. The summed E-state index contributed by atoms with van der Waals surface area (Å²) >= 11 is 0. The molecule has 1 aromatic heterocycles. The number of carbonyl (C=O) groups is 1. The van der Waals surface area contributed by atoms with E-state index in [1.54, 1.807) is 18.2 Å². The molecule has 0 aliphatic heterocycles. The van der Waals surface area contributed by atoms with E-state index in [1.807, 2.05) is 62.4 Å². The van der Waals surface area contributed by atoms with Crippen molar-refractivity contribution in [2.45, 2.75) is 20.8 Å². The Morgan fingerprint density at radius 3 is 1.97 bits per heavy atom. The molecule has 0 amide bonds. The lowest BCUT2D eigenvalue weighted by atomic mass is 9.90. The molecule has 1 heterocycles. The molecule has 0 radical (unpaired) electrons. The molecule has 0 aliphatic carbocycles. The van der Waals surface area contributed by atoms with E-state index in [9.17, 15) is 10.1 Å². The number of benzene rings is 3. The van der Waals surface area contributed by atoms with Crippen molar-refractivity contribution in [2.75, 3.05) is 0 Å². The molecule has 0 aliphatic rings. The molecule has 0 atom stereocenters. The van der Waals surface area contributed by atoms with Crippen LogP contribution in [0.3, 0.4) is 0 Å². The summed E-state index contributed by atoms with van der Waals surface area (Å²) in [6.45, 7) is 6.13. The van der Waals surface area contributed by atoms with E-state index >= 15 is 0 Å². The van der Waals surface area contributed by atoms with E-state index in [-0.39, 0.29) is 5.78 Å². The molecule has 3 nitrogen and oxygen atoms in total. The number of rotatable bonds is 4. The van der Waals surface area contributed by atoms with Gasteiger partial charge in [-0.05, 0) is 38.0 Å². The fourth-order valence-electron chi connectivity index (χ4n) is 4.08. The Kier molecular flexibility index (Phi) is 5.47. The molecule has 0 N–H and O–H groups in total. The van der Waals surface area contributed by atoms with Crippen molar-refractivity contribution in [3.05, 3.63) is 112 Å². The zero-order valence-corrected chi connectivity index (χ0v) is 17.8. The topological polar surface area (TPSA) is 53.8 Å². The van der Waals surface area contributed by atoms with Crippen LogP contribution in [0.4, 0.5) is 0 Å². The quantitative estimate of drug-likeness (QED) is 0.369. The Morgan fingerprint density at radius 1 is 0.806 bits per heavy atom. The summed E-state index contributed by atoms with van der Waals surface area (Å²) in [7, 11) is 0. The third kappa shape index (κ3) is 3.89. The highest BCUT2D eigenvalue weighted by atomic mass is 16.1. The van der Waals surface area contributed by atoms with Gasteiger partial charge < -0.3 is 0 Å². The predicted octanol–water partition coefficient (Wildman–Crippen LogP) is 6.44. The van der Waals surface area contributed by atoms with Gasteiger partial charge in [-0.15, -0.1) is 0 Å². The minimum Gasteiger partial charge on any atom is -0.289 e. The predicted molar refractivity (Wildman–Crippen MR) is 124 cm³/mol. The fraction of sp³-hybridized carbons (Fsp3) is 0.107. The van der Waals surface area contributed by atoms with E-state index < -0.39 is 0 Å². The Bertz CT molecular complexity index is 1290. The number of ketones is 1. The van der Waals surface area contributed by atoms with Crippen molar-refractivity contribution < 1.29 is 4.79 Å². The second-order valence-corrected chi connectivity index (χ2v) is 7.73. The van der Waals surface area contributed by atoms with Crippen LogP contribution in [0.2, 0.25) is 0 Å². The van der Waals surface area contributed by atoms with Crippen molar-refractivity contribution in [1.29, 1.82) is 5.26 Å². The lowest BCUT2D eigenvalue weighted by molar-refractivity contribution is 0.103. The summed E-state index contributed by atoms with van der Waals surface area (Å²) in [4.78, 5) is 18.4. The molecule has 4 rings (SSSR count). The summed E-state index contributed by atoms with van der Waals surface area (Å²) in [6, 6.07) is 26.9. The summed E-state index contributed by atoms with van der Waals surface area (Å²) in [5.74, 6) is -0.140. The van der Waals surface area contributed by atoms with Crippen LogP contribution in [-0.2, 0) is 0 Å². The first kappa shape index (κ1) is 20.3. The van der Waals surface area contributed by atoms with Gasteiger partial charge in [0.2, 0.25) is 0 Å². The number of aryl methyl sites for hydroxylation is 3. The van der Waals surface area contributed by atoms with Gasteiger partial charge in [-0.1, -0.05) is 78.4 Å². The third-order valence-electron chi connectivity index (χ3n) is 5.38. The Balaban J connectivity index is 2.05. The van der Waals surface area contributed by atoms with Crippen LogP contribution in [0.25, 0.3) is 22.5 Å². The Hall–Kier alpha value is -4.03. The van der Waals surface area contributed by atoms with Gasteiger partial charge in [-0.25, -0.2) is 4.98 Å². The van der Waals surface area contributed by atoms with Gasteiger partial charge in [0.15, 0.2) is 5.78 Å². The number of nitriles is 1. The van der Waals surface area contributed by atoms with Gasteiger partial charge in [0.25, 0.3) is 0 Å². The van der Waals surface area contributed by atoms with Gasteiger partial charge >= 0.3 is 0 Å². The van der Waals surface area contributed by atoms with Gasteiger partial charge in [0.05, 0.1) is 22.5 Å². The largest absolute Gasteiger partial charge is 0.289 e. The van der Waals surface area contributed by atoms with Gasteiger partial charge in [0.1, 0.15) is 6.07 Å². The Morgan fingerprint density at radius 2 is 1.39 bits per heavy atom. The molecule has 3 aromatic carbocycles. The summed E-state index contributed by atoms with van der Waals surface area (Å²) in [5.41, 5.74) is 7.65. The number of carbonyl (C=O) groups excluding carboxylic acids is 1. The molecule has 31 heavy (non-hydrogen) atoms. The van der Waals surface area contributed by atoms with Crippen molar-refractivity contribution in [1.82, 2.24) is 4.98 Å². The second-order valence-electron chi connectivity index (χ2n) is 7.73. The van der Waals surface area contributed by atoms with E-state index in [0.29, 0.717) is 28.1 Å². The maximum absolute atomic E-state index is 13.5. The highest BCUT2D eigenvalue weighted by molar-refractivity contribution is 6.13. The fourth-order valence-corrected chi connectivity index (χ4v) is 4.08. The van der Waals surface area contributed by atoms with Crippen molar-refractivity contribution >= 4 is 5.78 Å². The molecular weight excluding hydrogens is 380 g/mol. The number of aromatic nitrogens is 1. The highest BCUT2D eigenvalue weighted by Crippen LogP contribution is 2.34. The standard InChI is InChI=1S/C28H22N2O/c1-18-14-19(2)25(20(3)15-18)27-24(28(31)22-12-8-5-9-13-22)16-23(17-29)26(30-27)21-10-6-4-7-11-21/h4-16H,1-3H3. The van der Waals surface area contributed by atoms with Crippen LogP contribution in [0.5, 0.6) is 0 Å². The second kappa shape index (κ2) is 8.38. The average Bonchev–Trinajstić information content (AvgIpc) is 2.79. The van der Waals surface area contributed by atoms with E-state index in [0.717, 1.165) is 27.8 Å². The first-order valence-electron chi connectivity index (χ1n) is 10.2. The molecule has 0 spiro atoms. The molecule has 0 unspecified atom stereocenters. The number of hydrogen-bond acceptors (Lipinski definition) is 3. The van der Waals surface area contributed by atoms with Crippen LogP contribution in [0.1, 0.15) is 38.2 Å². The monoisotopic (exact) mass is 402 g/mol. The summed E-state index contributed by atoms with van der Waals surface area (Å²) in [6.07, 6.45) is 0. The van der Waals surface area contributed by atoms with E-state index in [2.05, 4.69) is 25.1 Å². The molecule has 0 fully saturated rings. The summed E-state index contributed by atoms with van der Waals surface area (Å²) in [5, 5.41) is 9.86. The molecule has 3 heteroatoms. The third-order valence-corrected chi connectivity index (χ3v) is 5.38. The highest BCUT2D eigenvalue weighted by Gasteiger charge is 2.22. The average molecular weight is 402 g/mol. The first-order chi connectivity index (χ1) is 15.0. The van der Waals surface area contributed by atoms with Crippen LogP contribution >= 0.6 is 0 Å². The molecule has 0 bridgehead atoms. The minimum absolute atomic E-state index is 0.140. The van der Waals surface area contributed by atoms with Crippen molar-refractivity contribution in [2.24, 2.45) is 0 Å². The number of nitrogens with zero attached hydrogens (tertiary/aromatic N) is 2. The van der Waals surface area contributed by atoms with Gasteiger partial charge in [-0.3, -0.25) is 4.79 Å². The zero-order valence-electron chi connectivity index (χ0n) is 17.8. The molecule has 0 saturated carbocycles. The molecule has 150 valence electrons. The van der Waals surface area contributed by atoms with Crippen molar-refractivity contribution in [3.63, 3.8) is 0 Å². The minimum atomic E-state index is -0.140. The van der Waals surface area contributed by atoms with Crippen molar-refractivity contribution in [3.8, 4) is 28.6 Å². The van der Waals surface area contributed by atoms with Gasteiger partial charge in [-0.2, -0.15) is 5.26 Å². The van der Waals surface area contributed by atoms with E-state index in [1.165, 1.54) is 0 Å². The molecule has 4 aromatic rings. The number of pyridine rings is 1. The first-order valence-corrected chi connectivity index (χ1v) is 10.2. The maximum atomic E-state index is 13.5. The molecule has 0 saturated heterocycles. The normalized spacial score (nSPS) is 10.5. The van der Waals surface area contributed by atoms with Gasteiger partial charge in [0, 0.05) is 16.7 Å².